The van der Waals surface area contributed by atoms with Crippen molar-refractivity contribution in [1.29, 1.82) is 0 Å². The molecule has 5 heteroatoms. The molecule has 0 heterocycles. The number of ether oxygens (including phenoxy) is 1. The Kier molecular flexibility index (Phi) is 8.05. The minimum Gasteiger partial charge on any atom is -0.494 e. The lowest BCUT2D eigenvalue weighted by molar-refractivity contribution is -0.136. The van der Waals surface area contributed by atoms with Crippen molar-refractivity contribution in [3.05, 3.63) is 65.7 Å². The fourth-order valence-electron chi connectivity index (χ4n) is 2.95. The quantitative estimate of drug-likeness (QED) is 0.714. The Labute approximate surface area is 167 Å². The summed E-state index contributed by atoms with van der Waals surface area (Å²) in [6.45, 7) is 6.98. The van der Waals surface area contributed by atoms with Crippen molar-refractivity contribution >= 4 is 11.8 Å². The largest absolute Gasteiger partial charge is 0.494 e. The highest BCUT2D eigenvalue weighted by Gasteiger charge is 2.26. The lowest BCUT2D eigenvalue weighted by Crippen LogP contribution is -2.41. The van der Waals surface area contributed by atoms with E-state index in [0.29, 0.717) is 19.6 Å². The van der Waals surface area contributed by atoms with E-state index >= 15 is 0 Å². The maximum Gasteiger partial charge on any atom is 0.249 e. The molecule has 0 aromatic heterocycles. The van der Waals surface area contributed by atoms with Crippen LogP contribution in [0.25, 0.3) is 0 Å². The molecule has 2 rings (SSSR count). The fraction of sp³-hybridized carbons (Fsp3) is 0.391. The number of hydrogen-bond donors (Lipinski definition) is 1. The van der Waals surface area contributed by atoms with Crippen molar-refractivity contribution in [1.82, 2.24) is 10.2 Å². The van der Waals surface area contributed by atoms with Gasteiger partial charge in [-0.25, -0.2) is 0 Å². The first-order valence-electron chi connectivity index (χ1n) is 9.71. The molecule has 0 radical (unpaired) electrons. The zero-order chi connectivity index (χ0) is 20.5. The number of likely N-dealkylation sites (N-methyl/N-ethyl adjacent to an activating group) is 1. The molecule has 28 heavy (non-hydrogen) atoms. The number of nitrogens with zero attached hydrogens (tertiary/aromatic N) is 1. The van der Waals surface area contributed by atoms with E-state index in [-0.39, 0.29) is 17.7 Å². The van der Waals surface area contributed by atoms with Gasteiger partial charge in [0.05, 0.1) is 6.61 Å². The normalized spacial score (nSPS) is 11.8. The molecule has 1 N–H and O–H groups in total. The highest BCUT2D eigenvalue weighted by molar-refractivity contribution is 5.88. The van der Waals surface area contributed by atoms with Crippen LogP contribution in [0.5, 0.6) is 5.75 Å². The molecular weight excluding hydrogens is 352 g/mol. The molecule has 1 unspecified atom stereocenters. The van der Waals surface area contributed by atoms with Crippen LogP contribution in [-0.4, -0.2) is 30.4 Å². The molecule has 0 saturated heterocycles. The number of carbonyl (C=O) groups excluding carboxylic acids is 2. The summed E-state index contributed by atoms with van der Waals surface area (Å²) in [6, 6.07) is 16.4. The summed E-state index contributed by atoms with van der Waals surface area (Å²) < 4.78 is 5.46. The first-order chi connectivity index (χ1) is 13.4. The second-order valence-electron chi connectivity index (χ2n) is 7.28. The smallest absolute Gasteiger partial charge is 0.249 e. The topological polar surface area (TPSA) is 58.6 Å². The lowest BCUT2D eigenvalue weighted by Gasteiger charge is -2.25. The third kappa shape index (κ3) is 6.41. The van der Waals surface area contributed by atoms with Gasteiger partial charge in [-0.2, -0.15) is 0 Å². The number of nitrogens with one attached hydrogen (secondary N) is 1. The van der Waals surface area contributed by atoms with Gasteiger partial charge in [0.2, 0.25) is 11.8 Å². The molecule has 0 aliphatic carbocycles. The summed E-state index contributed by atoms with van der Waals surface area (Å²) in [4.78, 5) is 27.1. The van der Waals surface area contributed by atoms with E-state index in [2.05, 4.69) is 5.32 Å². The van der Waals surface area contributed by atoms with Gasteiger partial charge >= 0.3 is 0 Å². The van der Waals surface area contributed by atoms with E-state index in [1.54, 1.807) is 11.9 Å². The highest BCUT2D eigenvalue weighted by Crippen LogP contribution is 2.19. The standard InChI is InChI=1S/C23H30N2O3/c1-5-28-20-13-11-18(12-14-20)16-25(4)23(27)22(19-9-7-6-8-10-19)24-21(26)15-17(2)3/h6-14,17,22H,5,15-16H2,1-4H3,(H,24,26). The Bertz CT molecular complexity index is 757. The van der Waals surface area contributed by atoms with Crippen LogP contribution in [0.15, 0.2) is 54.6 Å². The summed E-state index contributed by atoms with van der Waals surface area (Å²) in [7, 11) is 1.75. The summed E-state index contributed by atoms with van der Waals surface area (Å²) in [5.74, 6) is 0.778. The van der Waals surface area contributed by atoms with E-state index in [9.17, 15) is 9.59 Å². The van der Waals surface area contributed by atoms with Gasteiger partial charge in [-0.1, -0.05) is 56.3 Å². The molecule has 0 saturated carbocycles. The molecule has 2 aromatic rings. The number of amides is 2. The molecule has 2 amide bonds. The van der Waals surface area contributed by atoms with Crippen LogP contribution >= 0.6 is 0 Å². The van der Waals surface area contributed by atoms with Gasteiger partial charge < -0.3 is 15.0 Å². The van der Waals surface area contributed by atoms with Crippen molar-refractivity contribution in [3.63, 3.8) is 0 Å². The van der Waals surface area contributed by atoms with Gasteiger partial charge in [-0.05, 0) is 36.1 Å². The minimum absolute atomic E-state index is 0.119. The van der Waals surface area contributed by atoms with E-state index in [4.69, 9.17) is 4.74 Å². The third-order valence-electron chi connectivity index (χ3n) is 4.31. The first kappa shape index (κ1) is 21.5. The molecule has 0 fully saturated rings. The van der Waals surface area contributed by atoms with Gasteiger partial charge in [0.15, 0.2) is 0 Å². The van der Waals surface area contributed by atoms with Crippen molar-refractivity contribution in [3.8, 4) is 5.75 Å². The monoisotopic (exact) mass is 382 g/mol. The van der Waals surface area contributed by atoms with Crippen LogP contribution in [0, 0.1) is 5.92 Å². The second-order valence-corrected chi connectivity index (χ2v) is 7.28. The predicted octanol–water partition coefficient (Wildman–Crippen LogP) is 3.95. The van der Waals surface area contributed by atoms with Crippen LogP contribution in [0.3, 0.4) is 0 Å². The van der Waals surface area contributed by atoms with E-state index in [1.807, 2.05) is 75.4 Å². The van der Waals surface area contributed by atoms with E-state index in [0.717, 1.165) is 16.9 Å². The summed E-state index contributed by atoms with van der Waals surface area (Å²) >= 11 is 0. The molecule has 0 bridgehead atoms. The van der Waals surface area contributed by atoms with Crippen molar-refractivity contribution in [2.45, 2.75) is 39.8 Å². The molecular formula is C23H30N2O3. The molecule has 1 atom stereocenters. The second kappa shape index (κ2) is 10.5. The highest BCUT2D eigenvalue weighted by atomic mass is 16.5. The molecule has 0 aliphatic rings. The average Bonchev–Trinajstić information content (AvgIpc) is 2.67. The maximum absolute atomic E-state index is 13.1. The molecule has 2 aromatic carbocycles. The number of rotatable bonds is 9. The lowest BCUT2D eigenvalue weighted by atomic mass is 10.0. The van der Waals surface area contributed by atoms with Crippen molar-refractivity contribution in [2.24, 2.45) is 5.92 Å². The van der Waals surface area contributed by atoms with Crippen molar-refractivity contribution in [2.75, 3.05) is 13.7 Å². The van der Waals surface area contributed by atoms with Crippen molar-refractivity contribution < 1.29 is 14.3 Å². The number of benzene rings is 2. The summed E-state index contributed by atoms with van der Waals surface area (Å²) in [5, 5.41) is 2.91. The molecule has 0 spiro atoms. The third-order valence-corrected chi connectivity index (χ3v) is 4.31. The Morgan fingerprint density at radius 3 is 2.25 bits per heavy atom. The molecule has 0 aliphatic heterocycles. The molecule has 150 valence electrons. The van der Waals surface area contributed by atoms with Gasteiger partial charge in [0.25, 0.3) is 0 Å². The van der Waals surface area contributed by atoms with E-state index in [1.165, 1.54) is 0 Å². The summed E-state index contributed by atoms with van der Waals surface area (Å²) in [5.41, 5.74) is 1.78. The van der Waals surface area contributed by atoms with Gasteiger partial charge in [-0.3, -0.25) is 9.59 Å². The Hall–Kier alpha value is -2.82. The Balaban J connectivity index is 2.12. The minimum atomic E-state index is -0.694. The summed E-state index contributed by atoms with van der Waals surface area (Å²) in [6.07, 6.45) is 0.388. The van der Waals surface area contributed by atoms with Gasteiger partial charge in [0.1, 0.15) is 11.8 Å². The first-order valence-corrected chi connectivity index (χ1v) is 9.71. The van der Waals surface area contributed by atoms with Gasteiger partial charge in [0, 0.05) is 20.0 Å². The van der Waals surface area contributed by atoms with E-state index < -0.39 is 6.04 Å². The maximum atomic E-state index is 13.1. The SMILES string of the molecule is CCOc1ccc(CN(C)C(=O)C(NC(=O)CC(C)C)c2ccccc2)cc1. The Morgan fingerprint density at radius 1 is 1.04 bits per heavy atom. The molecule has 5 nitrogen and oxygen atoms in total. The Morgan fingerprint density at radius 2 is 1.68 bits per heavy atom. The zero-order valence-electron chi connectivity index (χ0n) is 17.1. The van der Waals surface area contributed by atoms with Crippen LogP contribution in [-0.2, 0) is 16.1 Å². The zero-order valence-corrected chi connectivity index (χ0v) is 17.1. The van der Waals surface area contributed by atoms with Crippen LogP contribution < -0.4 is 10.1 Å². The average molecular weight is 383 g/mol. The predicted molar refractivity (Wildman–Crippen MR) is 111 cm³/mol. The van der Waals surface area contributed by atoms with Crippen LogP contribution in [0.4, 0.5) is 0 Å². The number of hydrogen-bond acceptors (Lipinski definition) is 3. The fourth-order valence-corrected chi connectivity index (χ4v) is 2.95. The van der Waals surface area contributed by atoms with Gasteiger partial charge in [-0.15, -0.1) is 0 Å². The van der Waals surface area contributed by atoms with Crippen LogP contribution in [0.1, 0.15) is 44.4 Å². The van der Waals surface area contributed by atoms with Crippen LogP contribution in [0.2, 0.25) is 0 Å². The number of carbonyl (C=O) groups is 2.